The van der Waals surface area contributed by atoms with E-state index in [1.54, 1.807) is 37.5 Å². The monoisotopic (exact) mass is 382 g/mol. The molecule has 0 fully saturated rings. The molecular weight excluding hydrogens is 356 g/mol. The minimum Gasteiger partial charge on any atom is -0.494 e. The zero-order valence-corrected chi connectivity index (χ0v) is 16.2. The third-order valence-corrected chi connectivity index (χ3v) is 3.84. The summed E-state index contributed by atoms with van der Waals surface area (Å²) in [6.07, 6.45) is 3.95. The molecule has 0 saturated carbocycles. The molecule has 0 saturated heterocycles. The van der Waals surface area contributed by atoms with Crippen LogP contribution < -0.4 is 15.4 Å². The van der Waals surface area contributed by atoms with Crippen LogP contribution in [0.25, 0.3) is 6.08 Å². The zero-order valence-electron chi connectivity index (χ0n) is 16.2. The molecule has 6 nitrogen and oxygen atoms in total. The lowest BCUT2D eigenvalue weighted by molar-refractivity contribution is -0.111. The van der Waals surface area contributed by atoms with Crippen molar-refractivity contribution in [3.05, 3.63) is 65.7 Å². The molecule has 0 radical (unpaired) electrons. The van der Waals surface area contributed by atoms with Crippen LogP contribution in [-0.4, -0.2) is 38.7 Å². The Kier molecular flexibility index (Phi) is 8.75. The van der Waals surface area contributed by atoms with E-state index in [4.69, 9.17) is 9.47 Å². The van der Waals surface area contributed by atoms with Crippen molar-refractivity contribution in [2.45, 2.75) is 13.3 Å². The van der Waals surface area contributed by atoms with Gasteiger partial charge in [0.05, 0.1) is 6.61 Å². The molecule has 6 heteroatoms. The number of amides is 2. The van der Waals surface area contributed by atoms with Crippen molar-refractivity contribution in [3.8, 4) is 5.75 Å². The number of benzene rings is 2. The highest BCUT2D eigenvalue weighted by molar-refractivity contribution is 6.02. The van der Waals surface area contributed by atoms with E-state index < -0.39 is 0 Å². The molecule has 148 valence electrons. The fourth-order valence-corrected chi connectivity index (χ4v) is 2.42. The Morgan fingerprint density at radius 3 is 2.39 bits per heavy atom. The molecule has 28 heavy (non-hydrogen) atoms. The highest BCUT2D eigenvalue weighted by atomic mass is 16.5. The largest absolute Gasteiger partial charge is 0.494 e. The normalized spacial score (nSPS) is 10.6. The van der Waals surface area contributed by atoms with Crippen molar-refractivity contribution in [2.75, 3.05) is 32.2 Å². The minimum absolute atomic E-state index is 0.149. The molecule has 0 aliphatic heterocycles. The summed E-state index contributed by atoms with van der Waals surface area (Å²) in [4.78, 5) is 24.1. The van der Waals surface area contributed by atoms with Crippen LogP contribution >= 0.6 is 0 Å². The van der Waals surface area contributed by atoms with E-state index in [0.717, 1.165) is 17.7 Å². The van der Waals surface area contributed by atoms with Crippen molar-refractivity contribution >= 4 is 23.6 Å². The van der Waals surface area contributed by atoms with Gasteiger partial charge in [0, 0.05) is 37.6 Å². The first-order valence-electron chi connectivity index (χ1n) is 9.21. The fourth-order valence-electron chi connectivity index (χ4n) is 2.42. The Hall–Kier alpha value is -3.12. The van der Waals surface area contributed by atoms with Crippen molar-refractivity contribution < 1.29 is 19.1 Å². The van der Waals surface area contributed by atoms with Gasteiger partial charge >= 0.3 is 0 Å². The summed E-state index contributed by atoms with van der Waals surface area (Å²) < 4.78 is 10.3. The maximum Gasteiger partial charge on any atom is 0.251 e. The van der Waals surface area contributed by atoms with Gasteiger partial charge in [0.25, 0.3) is 5.91 Å². The summed E-state index contributed by atoms with van der Waals surface area (Å²) in [6.45, 7) is 3.71. The summed E-state index contributed by atoms with van der Waals surface area (Å²) in [7, 11) is 1.63. The van der Waals surface area contributed by atoms with Crippen LogP contribution in [0, 0.1) is 0 Å². The van der Waals surface area contributed by atoms with Gasteiger partial charge < -0.3 is 20.1 Å². The predicted octanol–water partition coefficient (Wildman–Crippen LogP) is 3.50. The van der Waals surface area contributed by atoms with E-state index in [1.807, 2.05) is 31.2 Å². The molecule has 2 amide bonds. The van der Waals surface area contributed by atoms with Gasteiger partial charge in [-0.05, 0) is 61.4 Å². The molecule has 0 heterocycles. The number of methoxy groups -OCH3 is 1. The van der Waals surface area contributed by atoms with Crippen LogP contribution in [0.2, 0.25) is 0 Å². The van der Waals surface area contributed by atoms with Crippen LogP contribution in [-0.2, 0) is 9.53 Å². The van der Waals surface area contributed by atoms with Crippen molar-refractivity contribution in [2.24, 2.45) is 0 Å². The first-order chi connectivity index (χ1) is 13.6. The van der Waals surface area contributed by atoms with Crippen LogP contribution in [0.4, 0.5) is 5.69 Å². The lowest BCUT2D eigenvalue weighted by atomic mass is 10.2. The lowest BCUT2D eigenvalue weighted by Gasteiger charge is -2.06. The van der Waals surface area contributed by atoms with E-state index in [2.05, 4.69) is 10.6 Å². The Balaban J connectivity index is 1.83. The molecule has 0 aromatic heterocycles. The van der Waals surface area contributed by atoms with E-state index in [0.29, 0.717) is 31.0 Å². The third-order valence-electron chi connectivity index (χ3n) is 3.84. The molecule has 0 unspecified atom stereocenters. The second kappa shape index (κ2) is 11.6. The number of ether oxygens (including phenoxy) is 2. The Bertz CT molecular complexity index is 783. The zero-order chi connectivity index (χ0) is 20.2. The number of carbonyl (C=O) groups excluding carboxylic acids is 2. The number of carbonyl (C=O) groups is 2. The van der Waals surface area contributed by atoms with Gasteiger partial charge in [-0.25, -0.2) is 0 Å². The molecule has 2 rings (SSSR count). The first kappa shape index (κ1) is 21.2. The average Bonchev–Trinajstić information content (AvgIpc) is 2.71. The van der Waals surface area contributed by atoms with Gasteiger partial charge in [0.15, 0.2) is 0 Å². The maximum absolute atomic E-state index is 12.1. The van der Waals surface area contributed by atoms with Crippen molar-refractivity contribution in [1.29, 1.82) is 0 Å². The minimum atomic E-state index is -0.245. The topological polar surface area (TPSA) is 76.7 Å². The second-order valence-corrected chi connectivity index (χ2v) is 6.00. The molecule has 2 aromatic carbocycles. The van der Waals surface area contributed by atoms with Gasteiger partial charge in [0.2, 0.25) is 5.91 Å². The first-order valence-corrected chi connectivity index (χ1v) is 9.21. The smallest absolute Gasteiger partial charge is 0.251 e. The number of rotatable bonds is 10. The summed E-state index contributed by atoms with van der Waals surface area (Å²) in [5, 5.41) is 5.59. The number of hydrogen-bond donors (Lipinski definition) is 2. The molecular formula is C22H26N2O4. The standard InChI is InChI=1S/C22H26N2O4/c1-3-28-20-12-5-17(6-13-20)7-14-21(25)24-19-10-8-18(9-11-19)22(26)23-15-4-16-27-2/h5-14H,3-4,15-16H2,1-2H3,(H,23,26)(H,24,25)/b14-7+. The summed E-state index contributed by atoms with van der Waals surface area (Å²) in [6, 6.07) is 14.2. The highest BCUT2D eigenvalue weighted by Crippen LogP contribution is 2.14. The van der Waals surface area contributed by atoms with E-state index >= 15 is 0 Å². The molecule has 2 N–H and O–H groups in total. The quantitative estimate of drug-likeness (QED) is 0.487. The molecule has 0 bridgehead atoms. The van der Waals surface area contributed by atoms with Gasteiger partial charge in [0.1, 0.15) is 5.75 Å². The Labute approximate surface area is 165 Å². The SMILES string of the molecule is CCOc1ccc(/C=C/C(=O)Nc2ccc(C(=O)NCCCOC)cc2)cc1. The molecule has 0 atom stereocenters. The number of hydrogen-bond acceptors (Lipinski definition) is 4. The van der Waals surface area contributed by atoms with E-state index in [-0.39, 0.29) is 11.8 Å². The van der Waals surface area contributed by atoms with E-state index in [9.17, 15) is 9.59 Å². The lowest BCUT2D eigenvalue weighted by Crippen LogP contribution is -2.25. The summed E-state index contributed by atoms with van der Waals surface area (Å²) in [5.41, 5.74) is 2.07. The second-order valence-electron chi connectivity index (χ2n) is 6.00. The van der Waals surface area contributed by atoms with Crippen LogP contribution in [0.1, 0.15) is 29.3 Å². The van der Waals surface area contributed by atoms with Gasteiger partial charge in [-0.3, -0.25) is 9.59 Å². The van der Waals surface area contributed by atoms with Gasteiger partial charge in [-0.1, -0.05) is 12.1 Å². The van der Waals surface area contributed by atoms with Crippen LogP contribution in [0.15, 0.2) is 54.6 Å². The summed E-state index contributed by atoms with van der Waals surface area (Å²) in [5.74, 6) is 0.405. The van der Waals surface area contributed by atoms with Gasteiger partial charge in [-0.2, -0.15) is 0 Å². The number of nitrogens with one attached hydrogen (secondary N) is 2. The molecule has 0 aliphatic carbocycles. The molecule has 0 aliphatic rings. The van der Waals surface area contributed by atoms with Crippen molar-refractivity contribution in [1.82, 2.24) is 5.32 Å². The summed E-state index contributed by atoms with van der Waals surface area (Å²) >= 11 is 0. The Morgan fingerprint density at radius 1 is 1.04 bits per heavy atom. The molecule has 2 aromatic rings. The molecule has 0 spiro atoms. The van der Waals surface area contributed by atoms with Crippen molar-refractivity contribution in [3.63, 3.8) is 0 Å². The third kappa shape index (κ3) is 7.25. The maximum atomic E-state index is 12.1. The highest BCUT2D eigenvalue weighted by Gasteiger charge is 2.05. The van der Waals surface area contributed by atoms with Crippen LogP contribution in [0.5, 0.6) is 5.75 Å². The van der Waals surface area contributed by atoms with Crippen LogP contribution in [0.3, 0.4) is 0 Å². The fraction of sp³-hybridized carbons (Fsp3) is 0.273. The Morgan fingerprint density at radius 2 is 1.75 bits per heavy atom. The van der Waals surface area contributed by atoms with E-state index in [1.165, 1.54) is 6.08 Å². The average molecular weight is 382 g/mol. The number of anilines is 1. The van der Waals surface area contributed by atoms with Gasteiger partial charge in [-0.15, -0.1) is 0 Å². The predicted molar refractivity (Wildman–Crippen MR) is 111 cm³/mol.